The number of aromatic nitrogens is 3. The molecule has 5 nitrogen and oxygen atoms in total. The fraction of sp³-hybridized carbons (Fsp3) is 0.100. The molecule has 1 amide bonds. The number of halogens is 2. The number of nitrogens with zero attached hydrogens (tertiary/aromatic N) is 3. The van der Waals surface area contributed by atoms with E-state index in [1.807, 2.05) is 29.6 Å². The van der Waals surface area contributed by atoms with Crippen LogP contribution in [0, 0.1) is 5.82 Å². The molecule has 2 aromatic heterocycles. The van der Waals surface area contributed by atoms with E-state index in [1.54, 1.807) is 12.1 Å². The molecular weight excluding hydrogens is 463 g/mol. The standard InChI is InChI=1S/C20H14ClFN4OS3/c21-14-5-3-13(4-6-14)18-23-16(11-28-18)9-17(27)24-19-25-26-20(30-19)29-10-12-1-7-15(22)8-2-12/h1-8,11H,9-10H2,(H,24,25,27). The second-order valence-corrected chi connectivity index (χ2v) is 9.66. The molecule has 4 rings (SSSR count). The van der Waals surface area contributed by atoms with Crippen LogP contribution < -0.4 is 5.32 Å². The average molecular weight is 477 g/mol. The molecule has 0 aliphatic rings. The third-order valence-electron chi connectivity index (χ3n) is 3.91. The Hall–Kier alpha value is -2.33. The van der Waals surface area contributed by atoms with Crippen LogP contribution in [0.2, 0.25) is 5.02 Å². The van der Waals surface area contributed by atoms with Crippen molar-refractivity contribution in [1.82, 2.24) is 15.2 Å². The largest absolute Gasteiger partial charge is 0.300 e. The predicted molar refractivity (Wildman–Crippen MR) is 121 cm³/mol. The van der Waals surface area contributed by atoms with Gasteiger partial charge in [-0.2, -0.15) is 0 Å². The zero-order chi connectivity index (χ0) is 20.9. The smallest absolute Gasteiger partial charge is 0.232 e. The third kappa shape index (κ3) is 5.63. The number of thioether (sulfide) groups is 1. The SMILES string of the molecule is O=C(Cc1csc(-c2ccc(Cl)cc2)n1)Nc1nnc(SCc2ccc(F)cc2)s1. The molecule has 152 valence electrons. The second kappa shape index (κ2) is 9.65. The number of anilines is 1. The molecule has 1 N–H and O–H groups in total. The third-order valence-corrected chi connectivity index (χ3v) is 7.15. The Morgan fingerprint density at radius 1 is 1.10 bits per heavy atom. The number of carbonyl (C=O) groups is 1. The van der Waals surface area contributed by atoms with E-state index in [4.69, 9.17) is 11.6 Å². The van der Waals surface area contributed by atoms with E-state index in [9.17, 15) is 9.18 Å². The van der Waals surface area contributed by atoms with Gasteiger partial charge in [-0.3, -0.25) is 4.79 Å². The summed E-state index contributed by atoms with van der Waals surface area (Å²) in [5, 5.41) is 14.7. The maximum absolute atomic E-state index is 13.0. The van der Waals surface area contributed by atoms with Crippen LogP contribution in [0.1, 0.15) is 11.3 Å². The molecule has 30 heavy (non-hydrogen) atoms. The van der Waals surface area contributed by atoms with Crippen molar-refractivity contribution in [3.63, 3.8) is 0 Å². The zero-order valence-corrected chi connectivity index (χ0v) is 18.5. The number of hydrogen-bond acceptors (Lipinski definition) is 7. The monoisotopic (exact) mass is 476 g/mol. The van der Waals surface area contributed by atoms with E-state index >= 15 is 0 Å². The van der Waals surface area contributed by atoms with E-state index in [2.05, 4.69) is 20.5 Å². The second-order valence-electron chi connectivity index (χ2n) is 6.16. The highest BCUT2D eigenvalue weighted by molar-refractivity contribution is 8.00. The van der Waals surface area contributed by atoms with Crippen LogP contribution in [0.3, 0.4) is 0 Å². The molecule has 0 aliphatic carbocycles. The molecular formula is C20H14ClFN4OS3. The summed E-state index contributed by atoms with van der Waals surface area (Å²) < 4.78 is 13.7. The molecule has 0 aliphatic heterocycles. The van der Waals surface area contributed by atoms with Crippen molar-refractivity contribution in [2.75, 3.05) is 5.32 Å². The Balaban J connectivity index is 1.30. The van der Waals surface area contributed by atoms with Gasteiger partial charge in [0.25, 0.3) is 0 Å². The first-order valence-electron chi connectivity index (χ1n) is 8.76. The van der Waals surface area contributed by atoms with Gasteiger partial charge in [-0.1, -0.05) is 59.0 Å². The molecule has 0 saturated heterocycles. The Morgan fingerprint density at radius 3 is 2.63 bits per heavy atom. The van der Waals surface area contributed by atoms with E-state index in [-0.39, 0.29) is 18.1 Å². The molecule has 2 heterocycles. The summed E-state index contributed by atoms with van der Waals surface area (Å²) in [7, 11) is 0. The van der Waals surface area contributed by atoms with Crippen molar-refractivity contribution in [3.05, 3.63) is 76.0 Å². The molecule has 0 saturated carbocycles. The van der Waals surface area contributed by atoms with E-state index in [0.29, 0.717) is 21.6 Å². The summed E-state index contributed by atoms with van der Waals surface area (Å²) in [6.07, 6.45) is 0.154. The maximum atomic E-state index is 13.0. The first-order chi connectivity index (χ1) is 14.5. The van der Waals surface area contributed by atoms with Gasteiger partial charge >= 0.3 is 0 Å². The minimum absolute atomic E-state index is 0.154. The average Bonchev–Trinajstić information content (AvgIpc) is 3.38. The highest BCUT2D eigenvalue weighted by atomic mass is 35.5. The molecule has 0 spiro atoms. The minimum atomic E-state index is -0.259. The van der Waals surface area contributed by atoms with Gasteiger partial charge in [0, 0.05) is 21.7 Å². The summed E-state index contributed by atoms with van der Waals surface area (Å²) in [6, 6.07) is 13.7. The van der Waals surface area contributed by atoms with E-state index in [1.165, 1.54) is 46.6 Å². The topological polar surface area (TPSA) is 67.8 Å². The van der Waals surface area contributed by atoms with Crippen molar-refractivity contribution >= 4 is 57.1 Å². The van der Waals surface area contributed by atoms with Crippen LogP contribution in [0.25, 0.3) is 10.6 Å². The fourth-order valence-corrected chi connectivity index (χ4v) is 5.16. The molecule has 10 heteroatoms. The molecule has 0 unspecified atom stereocenters. The predicted octanol–water partition coefficient (Wildman–Crippen LogP) is 5.93. The lowest BCUT2D eigenvalue weighted by atomic mass is 10.2. The Kier molecular flexibility index (Phi) is 6.73. The number of rotatable bonds is 7. The lowest BCUT2D eigenvalue weighted by molar-refractivity contribution is -0.115. The van der Waals surface area contributed by atoms with Crippen molar-refractivity contribution in [3.8, 4) is 10.6 Å². The minimum Gasteiger partial charge on any atom is -0.300 e. The highest BCUT2D eigenvalue weighted by Gasteiger charge is 2.12. The Labute approximate surface area is 189 Å². The van der Waals surface area contributed by atoms with Gasteiger partial charge in [0.05, 0.1) is 12.1 Å². The summed E-state index contributed by atoms with van der Waals surface area (Å²) >= 11 is 10.2. The number of thiazole rings is 1. The molecule has 0 radical (unpaired) electrons. The van der Waals surface area contributed by atoms with Crippen LogP contribution in [0.15, 0.2) is 58.3 Å². The van der Waals surface area contributed by atoms with Gasteiger partial charge in [-0.15, -0.1) is 21.5 Å². The molecule has 0 fully saturated rings. The van der Waals surface area contributed by atoms with Gasteiger partial charge in [0.15, 0.2) is 4.34 Å². The maximum Gasteiger partial charge on any atom is 0.232 e. The van der Waals surface area contributed by atoms with Crippen molar-refractivity contribution in [2.24, 2.45) is 0 Å². The lowest BCUT2D eigenvalue weighted by Gasteiger charge is -1.99. The first-order valence-corrected chi connectivity index (χ1v) is 11.8. The van der Waals surface area contributed by atoms with Crippen LogP contribution in [-0.2, 0) is 17.0 Å². The van der Waals surface area contributed by atoms with E-state index in [0.717, 1.165) is 20.5 Å². The summed E-state index contributed by atoms with van der Waals surface area (Å²) in [5.74, 6) is 0.189. The van der Waals surface area contributed by atoms with Gasteiger partial charge in [0.2, 0.25) is 11.0 Å². The quantitative estimate of drug-likeness (QED) is 0.264. The summed E-state index contributed by atoms with van der Waals surface area (Å²) in [6.45, 7) is 0. The zero-order valence-electron chi connectivity index (χ0n) is 15.3. The number of benzene rings is 2. The lowest BCUT2D eigenvalue weighted by Crippen LogP contribution is -2.14. The Morgan fingerprint density at radius 2 is 1.87 bits per heavy atom. The fourth-order valence-electron chi connectivity index (χ4n) is 2.49. The molecule has 2 aromatic carbocycles. The van der Waals surface area contributed by atoms with Crippen molar-refractivity contribution in [1.29, 1.82) is 0 Å². The Bertz CT molecular complexity index is 1150. The van der Waals surface area contributed by atoms with Crippen molar-refractivity contribution < 1.29 is 9.18 Å². The molecule has 4 aromatic rings. The van der Waals surface area contributed by atoms with E-state index < -0.39 is 0 Å². The normalized spacial score (nSPS) is 10.9. The molecule has 0 bridgehead atoms. The number of nitrogens with one attached hydrogen (secondary N) is 1. The van der Waals surface area contributed by atoms with Gasteiger partial charge < -0.3 is 5.32 Å². The molecule has 0 atom stereocenters. The number of amides is 1. The first kappa shape index (κ1) is 20.9. The summed E-state index contributed by atoms with van der Waals surface area (Å²) in [4.78, 5) is 16.8. The van der Waals surface area contributed by atoms with Crippen LogP contribution in [-0.4, -0.2) is 21.1 Å². The number of hydrogen-bond donors (Lipinski definition) is 1. The van der Waals surface area contributed by atoms with Crippen molar-refractivity contribution in [2.45, 2.75) is 16.5 Å². The van der Waals surface area contributed by atoms with Crippen LogP contribution in [0.5, 0.6) is 0 Å². The van der Waals surface area contributed by atoms with Gasteiger partial charge in [0.1, 0.15) is 10.8 Å². The van der Waals surface area contributed by atoms with Gasteiger partial charge in [-0.05, 0) is 29.8 Å². The summed E-state index contributed by atoms with van der Waals surface area (Å²) in [5.41, 5.74) is 2.64. The highest BCUT2D eigenvalue weighted by Crippen LogP contribution is 2.29. The number of carbonyl (C=O) groups excluding carboxylic acids is 1. The van der Waals surface area contributed by atoms with Crippen LogP contribution >= 0.6 is 46.0 Å². The van der Waals surface area contributed by atoms with Crippen LogP contribution in [0.4, 0.5) is 9.52 Å². The van der Waals surface area contributed by atoms with Gasteiger partial charge in [-0.25, -0.2) is 9.37 Å².